The molecule has 1 saturated heterocycles. The van der Waals surface area contributed by atoms with E-state index in [-0.39, 0.29) is 12.1 Å². The molecule has 1 fully saturated rings. The van der Waals surface area contributed by atoms with E-state index in [1.807, 2.05) is 65.0 Å². The number of amides is 1. The molecule has 1 aromatic heterocycles. The van der Waals surface area contributed by atoms with Gasteiger partial charge in [-0.2, -0.15) is 0 Å². The highest BCUT2D eigenvalue weighted by Crippen LogP contribution is 2.33. The lowest BCUT2D eigenvalue weighted by Crippen LogP contribution is -2.51. The van der Waals surface area contributed by atoms with Gasteiger partial charge in [0.25, 0.3) is 0 Å². The number of pyridine rings is 1. The zero-order chi connectivity index (χ0) is 27.9. The highest BCUT2D eigenvalue weighted by Gasteiger charge is 2.45. The molecule has 3 aromatic rings. The molecular formula is C30H38N4O4S. The lowest BCUT2D eigenvalue weighted by Gasteiger charge is -2.35. The van der Waals surface area contributed by atoms with Crippen molar-refractivity contribution < 1.29 is 18.5 Å². The van der Waals surface area contributed by atoms with Crippen molar-refractivity contribution in [1.82, 2.24) is 9.88 Å². The first kappa shape index (κ1) is 27.4. The normalized spacial score (nSPS) is 21.0. The molecule has 1 unspecified atom stereocenters. The minimum atomic E-state index is -1.04. The van der Waals surface area contributed by atoms with E-state index >= 15 is 0 Å². The van der Waals surface area contributed by atoms with Crippen LogP contribution in [0.3, 0.4) is 0 Å². The van der Waals surface area contributed by atoms with E-state index in [0.29, 0.717) is 32.0 Å². The predicted molar refractivity (Wildman–Crippen MR) is 156 cm³/mol. The molecule has 0 saturated carbocycles. The second-order valence-corrected chi connectivity index (χ2v) is 13.3. The average Bonchev–Trinajstić information content (AvgIpc) is 3.07. The van der Waals surface area contributed by atoms with Crippen LogP contribution < -0.4 is 10.2 Å². The summed E-state index contributed by atoms with van der Waals surface area (Å²) in [6, 6.07) is 16.0. The number of ether oxygens (including phenoxy) is 2. The fraction of sp³-hybridized carbons (Fsp3) is 0.467. The van der Waals surface area contributed by atoms with Gasteiger partial charge < -0.3 is 19.7 Å². The predicted octanol–water partition coefficient (Wildman–Crippen LogP) is 5.45. The monoisotopic (exact) mass is 550 g/mol. The molecule has 0 spiro atoms. The molecule has 39 heavy (non-hydrogen) atoms. The summed E-state index contributed by atoms with van der Waals surface area (Å²) in [5.74, 6) is 1.38. The van der Waals surface area contributed by atoms with Crippen molar-refractivity contribution in [3.05, 3.63) is 59.7 Å². The maximum atomic E-state index is 13.1. The van der Waals surface area contributed by atoms with Gasteiger partial charge in [0.2, 0.25) is 0 Å². The van der Waals surface area contributed by atoms with Crippen molar-refractivity contribution in [2.45, 2.75) is 70.4 Å². The SMILES string of the molecule is Cc1ccc2nc(N3CCS(=O)c4ccccc4C3)cc(NC[C@H]3COC(C)(C)N3C(=O)OC(C)(C)C)c2c1. The molecule has 2 atom stereocenters. The van der Waals surface area contributed by atoms with Crippen LogP contribution in [0.25, 0.3) is 10.9 Å². The molecule has 0 bridgehead atoms. The summed E-state index contributed by atoms with van der Waals surface area (Å²) >= 11 is 0. The quantitative estimate of drug-likeness (QED) is 0.462. The molecule has 0 radical (unpaired) electrons. The molecule has 1 amide bonds. The molecule has 2 aromatic carbocycles. The zero-order valence-electron chi connectivity index (χ0n) is 23.6. The Morgan fingerprint density at radius 2 is 1.97 bits per heavy atom. The summed E-state index contributed by atoms with van der Waals surface area (Å²) in [4.78, 5) is 22.9. The van der Waals surface area contributed by atoms with Crippen molar-refractivity contribution >= 4 is 39.3 Å². The van der Waals surface area contributed by atoms with Crippen LogP contribution in [-0.2, 0) is 26.8 Å². The van der Waals surface area contributed by atoms with Crippen molar-refractivity contribution in [1.29, 1.82) is 0 Å². The molecule has 9 heteroatoms. The van der Waals surface area contributed by atoms with Gasteiger partial charge in [-0.3, -0.25) is 9.11 Å². The van der Waals surface area contributed by atoms with E-state index in [0.717, 1.165) is 38.4 Å². The van der Waals surface area contributed by atoms with Crippen molar-refractivity contribution in [2.24, 2.45) is 0 Å². The first-order chi connectivity index (χ1) is 18.4. The van der Waals surface area contributed by atoms with Crippen LogP contribution in [0.1, 0.15) is 45.7 Å². The molecule has 208 valence electrons. The number of carbonyl (C=O) groups excluding carboxylic acids is 1. The van der Waals surface area contributed by atoms with Crippen LogP contribution in [0.2, 0.25) is 0 Å². The number of carbonyl (C=O) groups is 1. The number of nitrogens with zero attached hydrogens (tertiary/aromatic N) is 3. The first-order valence-corrected chi connectivity index (χ1v) is 14.8. The molecular weight excluding hydrogens is 512 g/mol. The number of benzene rings is 2. The van der Waals surface area contributed by atoms with Gasteiger partial charge in [-0.1, -0.05) is 29.8 Å². The van der Waals surface area contributed by atoms with E-state index in [1.54, 1.807) is 4.90 Å². The van der Waals surface area contributed by atoms with Crippen LogP contribution >= 0.6 is 0 Å². The lowest BCUT2D eigenvalue weighted by atomic mass is 10.1. The molecule has 8 nitrogen and oxygen atoms in total. The lowest BCUT2D eigenvalue weighted by molar-refractivity contribution is -0.0620. The third-order valence-corrected chi connectivity index (χ3v) is 8.54. The third kappa shape index (κ3) is 5.89. The number of hydrogen-bond acceptors (Lipinski definition) is 7. The summed E-state index contributed by atoms with van der Waals surface area (Å²) < 4.78 is 24.6. The van der Waals surface area contributed by atoms with Crippen LogP contribution in [0.5, 0.6) is 0 Å². The van der Waals surface area contributed by atoms with E-state index in [1.165, 1.54) is 0 Å². The van der Waals surface area contributed by atoms with Crippen molar-refractivity contribution in [3.8, 4) is 0 Å². The van der Waals surface area contributed by atoms with Crippen LogP contribution in [-0.4, -0.2) is 63.0 Å². The Bertz CT molecular complexity index is 1420. The standard InChI is InChI=1S/C30H38N4O4S/c1-20-11-12-24-23(15-20)25(31-17-22-19-37-30(5,6)34(22)28(35)38-29(2,3)4)16-27(32-24)33-13-14-39(36)26-10-8-7-9-21(26)18-33/h7-12,15-16,22H,13-14,17-19H2,1-6H3,(H,31,32)/t22-,39?/m0/s1. The van der Waals surface area contributed by atoms with Crippen molar-refractivity contribution in [3.63, 3.8) is 0 Å². The molecule has 2 aliphatic heterocycles. The number of hydrogen-bond donors (Lipinski definition) is 1. The molecule has 1 N–H and O–H groups in total. The Labute approximate surface area is 233 Å². The second-order valence-electron chi connectivity index (χ2n) is 11.8. The Kier molecular flexibility index (Phi) is 7.33. The fourth-order valence-corrected chi connectivity index (χ4v) is 6.48. The largest absolute Gasteiger partial charge is 0.444 e. The van der Waals surface area contributed by atoms with Crippen molar-refractivity contribution in [2.75, 3.05) is 35.7 Å². The topological polar surface area (TPSA) is 84.0 Å². The van der Waals surface area contributed by atoms with Gasteiger partial charge in [-0.25, -0.2) is 9.78 Å². The van der Waals surface area contributed by atoms with Gasteiger partial charge in [0, 0.05) is 47.4 Å². The van der Waals surface area contributed by atoms with Gasteiger partial charge in [-0.15, -0.1) is 0 Å². The molecule has 3 heterocycles. The summed E-state index contributed by atoms with van der Waals surface area (Å²) in [7, 11) is -1.04. The smallest absolute Gasteiger partial charge is 0.412 e. The van der Waals surface area contributed by atoms with Gasteiger partial charge in [0.1, 0.15) is 17.1 Å². The minimum absolute atomic E-state index is 0.209. The fourth-order valence-electron chi connectivity index (χ4n) is 5.22. The Hall–Kier alpha value is -3.17. The number of aryl methyl sites for hydroxylation is 1. The molecule has 2 aliphatic rings. The second kappa shape index (κ2) is 10.4. The van der Waals surface area contributed by atoms with E-state index in [2.05, 4.69) is 35.3 Å². The van der Waals surface area contributed by atoms with Crippen LogP contribution in [0.15, 0.2) is 53.4 Å². The third-order valence-electron chi connectivity index (χ3n) is 7.09. The van der Waals surface area contributed by atoms with E-state index in [4.69, 9.17) is 14.5 Å². The summed E-state index contributed by atoms with van der Waals surface area (Å²) in [6.45, 7) is 13.6. The summed E-state index contributed by atoms with van der Waals surface area (Å²) in [6.07, 6.45) is -0.385. The first-order valence-electron chi connectivity index (χ1n) is 13.4. The summed E-state index contributed by atoms with van der Waals surface area (Å²) in [5, 5.41) is 4.62. The Morgan fingerprint density at radius 3 is 2.74 bits per heavy atom. The maximum Gasteiger partial charge on any atom is 0.412 e. The van der Waals surface area contributed by atoms with Gasteiger partial charge in [0.15, 0.2) is 0 Å². The maximum absolute atomic E-state index is 13.1. The highest BCUT2D eigenvalue weighted by molar-refractivity contribution is 7.85. The van der Waals surface area contributed by atoms with Gasteiger partial charge >= 0.3 is 6.09 Å². The van der Waals surface area contributed by atoms with E-state index in [9.17, 15) is 9.00 Å². The average molecular weight is 551 g/mol. The number of anilines is 2. The Balaban J connectivity index is 1.45. The van der Waals surface area contributed by atoms with Gasteiger partial charge in [-0.05, 0) is 65.3 Å². The summed E-state index contributed by atoms with van der Waals surface area (Å²) in [5.41, 5.74) is 2.65. The molecule has 0 aliphatic carbocycles. The molecule has 5 rings (SSSR count). The Morgan fingerprint density at radius 1 is 1.21 bits per heavy atom. The van der Waals surface area contributed by atoms with Gasteiger partial charge in [0.05, 0.1) is 29.0 Å². The number of fused-ring (bicyclic) bond motifs is 2. The number of nitrogens with one attached hydrogen (secondary N) is 1. The number of rotatable bonds is 4. The zero-order valence-corrected chi connectivity index (χ0v) is 24.4. The van der Waals surface area contributed by atoms with Crippen LogP contribution in [0.4, 0.5) is 16.3 Å². The van der Waals surface area contributed by atoms with E-state index < -0.39 is 22.1 Å². The highest BCUT2D eigenvalue weighted by atomic mass is 32.2. The minimum Gasteiger partial charge on any atom is -0.444 e. The number of aromatic nitrogens is 1. The van der Waals surface area contributed by atoms with Crippen LogP contribution in [0, 0.1) is 6.92 Å².